The van der Waals surface area contributed by atoms with Gasteiger partial charge in [0.2, 0.25) is 0 Å². The van der Waals surface area contributed by atoms with Crippen molar-refractivity contribution >= 4 is 11.3 Å². The van der Waals surface area contributed by atoms with Crippen LogP contribution in [0.15, 0.2) is 23.0 Å². The van der Waals surface area contributed by atoms with Gasteiger partial charge in [-0.2, -0.15) is 16.4 Å². The number of hydrogen-bond acceptors (Lipinski definition) is 3. The molecule has 68 valence electrons. The molecular weight excluding hydrogens is 182 g/mol. The maximum atomic E-state index is 5.60. The fraction of sp³-hybridized carbons (Fsp3) is 0.222. The molecule has 4 heteroatoms. The number of aryl methyl sites for hydroxylation is 1. The first kappa shape index (κ1) is 8.47. The lowest BCUT2D eigenvalue weighted by atomic mass is 10.1. The highest BCUT2D eigenvalue weighted by Gasteiger charge is 2.07. The first-order valence-electron chi connectivity index (χ1n) is 4.06. The van der Waals surface area contributed by atoms with Crippen molar-refractivity contribution in [3.63, 3.8) is 0 Å². The van der Waals surface area contributed by atoms with Crippen LogP contribution < -0.4 is 5.73 Å². The van der Waals surface area contributed by atoms with E-state index in [-0.39, 0.29) is 0 Å². The van der Waals surface area contributed by atoms with Crippen LogP contribution in [0.3, 0.4) is 0 Å². The summed E-state index contributed by atoms with van der Waals surface area (Å²) in [6, 6.07) is 2.08. The first-order chi connectivity index (χ1) is 6.31. The zero-order valence-electron chi connectivity index (χ0n) is 7.40. The number of aromatic nitrogens is 2. The van der Waals surface area contributed by atoms with Crippen LogP contribution in [-0.4, -0.2) is 9.78 Å². The third kappa shape index (κ3) is 1.50. The molecule has 3 nitrogen and oxygen atoms in total. The molecule has 0 bridgehead atoms. The number of rotatable bonds is 2. The van der Waals surface area contributed by atoms with E-state index >= 15 is 0 Å². The Kier molecular flexibility index (Phi) is 2.16. The standard InChI is InChI=1S/C9H11N3S/c1-12-5-8(9(4-10)11-12)7-2-3-13-6-7/h2-3,5-6H,4,10H2,1H3. The lowest BCUT2D eigenvalue weighted by molar-refractivity contribution is 0.742. The van der Waals surface area contributed by atoms with Crippen molar-refractivity contribution in [2.75, 3.05) is 0 Å². The molecule has 0 amide bonds. The average Bonchev–Trinajstić information content (AvgIpc) is 2.71. The van der Waals surface area contributed by atoms with Gasteiger partial charge in [0.05, 0.1) is 5.69 Å². The molecule has 2 rings (SSSR count). The van der Waals surface area contributed by atoms with Crippen LogP contribution >= 0.6 is 11.3 Å². The van der Waals surface area contributed by atoms with Crippen molar-refractivity contribution in [2.24, 2.45) is 12.8 Å². The summed E-state index contributed by atoms with van der Waals surface area (Å²) in [6.45, 7) is 0.492. The normalized spacial score (nSPS) is 10.6. The Morgan fingerprint density at radius 3 is 3.08 bits per heavy atom. The van der Waals surface area contributed by atoms with Crippen LogP contribution in [0.5, 0.6) is 0 Å². The molecule has 0 unspecified atom stereocenters. The average molecular weight is 193 g/mol. The van der Waals surface area contributed by atoms with E-state index in [2.05, 4.69) is 21.9 Å². The fourth-order valence-electron chi connectivity index (χ4n) is 1.34. The second kappa shape index (κ2) is 3.32. The van der Waals surface area contributed by atoms with E-state index in [1.807, 2.05) is 13.2 Å². The van der Waals surface area contributed by atoms with Crippen LogP contribution in [0, 0.1) is 0 Å². The van der Waals surface area contributed by atoms with Gasteiger partial charge in [0.25, 0.3) is 0 Å². The van der Waals surface area contributed by atoms with E-state index in [1.54, 1.807) is 16.0 Å². The van der Waals surface area contributed by atoms with Gasteiger partial charge in [-0.3, -0.25) is 4.68 Å². The van der Waals surface area contributed by atoms with Crippen LogP contribution in [0.25, 0.3) is 11.1 Å². The smallest absolute Gasteiger partial charge is 0.0838 e. The van der Waals surface area contributed by atoms with Gasteiger partial charge in [-0.05, 0) is 22.4 Å². The van der Waals surface area contributed by atoms with Gasteiger partial charge in [-0.15, -0.1) is 0 Å². The van der Waals surface area contributed by atoms with Gasteiger partial charge in [0.1, 0.15) is 0 Å². The summed E-state index contributed by atoms with van der Waals surface area (Å²) in [6.07, 6.45) is 2.00. The molecule has 0 aliphatic rings. The largest absolute Gasteiger partial charge is 0.325 e. The number of hydrogen-bond donors (Lipinski definition) is 1. The zero-order chi connectivity index (χ0) is 9.26. The summed E-state index contributed by atoms with van der Waals surface area (Å²) < 4.78 is 1.80. The molecule has 0 saturated heterocycles. The Hall–Kier alpha value is -1.13. The molecule has 0 aliphatic heterocycles. The second-order valence-corrected chi connectivity index (χ2v) is 3.66. The van der Waals surface area contributed by atoms with Crippen LogP contribution in [0.4, 0.5) is 0 Å². The van der Waals surface area contributed by atoms with Gasteiger partial charge in [0, 0.05) is 25.4 Å². The predicted molar refractivity (Wildman–Crippen MR) is 54.4 cm³/mol. The van der Waals surface area contributed by atoms with Gasteiger partial charge in [0.15, 0.2) is 0 Å². The lowest BCUT2D eigenvalue weighted by Crippen LogP contribution is -1.99. The lowest BCUT2D eigenvalue weighted by Gasteiger charge is -1.94. The summed E-state index contributed by atoms with van der Waals surface area (Å²) in [7, 11) is 1.91. The molecule has 0 fully saturated rings. The molecular formula is C9H11N3S. The summed E-state index contributed by atoms with van der Waals surface area (Å²) in [5, 5.41) is 8.45. The summed E-state index contributed by atoms with van der Waals surface area (Å²) in [5.41, 5.74) is 8.91. The predicted octanol–water partition coefficient (Wildman–Crippen LogP) is 1.61. The van der Waals surface area contributed by atoms with Crippen LogP contribution in [0.1, 0.15) is 5.69 Å². The van der Waals surface area contributed by atoms with Crippen molar-refractivity contribution in [3.8, 4) is 11.1 Å². The number of nitrogens with two attached hydrogens (primary N) is 1. The molecule has 2 aromatic rings. The Morgan fingerprint density at radius 1 is 1.62 bits per heavy atom. The SMILES string of the molecule is Cn1cc(-c2ccsc2)c(CN)n1. The van der Waals surface area contributed by atoms with Crippen molar-refractivity contribution in [1.82, 2.24) is 9.78 Å². The quantitative estimate of drug-likeness (QED) is 0.787. The van der Waals surface area contributed by atoms with Gasteiger partial charge < -0.3 is 5.73 Å². The molecule has 2 heterocycles. The van der Waals surface area contributed by atoms with Gasteiger partial charge in [-0.1, -0.05) is 0 Å². The summed E-state index contributed by atoms with van der Waals surface area (Å²) in [4.78, 5) is 0. The fourth-order valence-corrected chi connectivity index (χ4v) is 2.00. The second-order valence-electron chi connectivity index (χ2n) is 2.88. The molecule has 0 saturated carbocycles. The number of thiophene rings is 1. The first-order valence-corrected chi connectivity index (χ1v) is 5.00. The molecule has 0 aromatic carbocycles. The maximum absolute atomic E-state index is 5.60. The highest BCUT2D eigenvalue weighted by molar-refractivity contribution is 7.08. The molecule has 0 aliphatic carbocycles. The molecule has 2 aromatic heterocycles. The molecule has 0 atom stereocenters. The minimum absolute atomic E-state index is 0.492. The van der Waals surface area contributed by atoms with Crippen LogP contribution in [0.2, 0.25) is 0 Å². The van der Waals surface area contributed by atoms with Gasteiger partial charge >= 0.3 is 0 Å². The van der Waals surface area contributed by atoms with Crippen molar-refractivity contribution in [2.45, 2.75) is 6.54 Å². The monoisotopic (exact) mass is 193 g/mol. The highest BCUT2D eigenvalue weighted by atomic mass is 32.1. The van der Waals surface area contributed by atoms with Crippen molar-refractivity contribution in [1.29, 1.82) is 0 Å². The van der Waals surface area contributed by atoms with E-state index < -0.39 is 0 Å². The Morgan fingerprint density at radius 2 is 2.46 bits per heavy atom. The van der Waals surface area contributed by atoms with E-state index in [0.717, 1.165) is 11.3 Å². The van der Waals surface area contributed by atoms with Crippen molar-refractivity contribution in [3.05, 3.63) is 28.7 Å². The van der Waals surface area contributed by atoms with E-state index in [1.165, 1.54) is 5.56 Å². The molecule has 0 radical (unpaired) electrons. The van der Waals surface area contributed by atoms with Gasteiger partial charge in [-0.25, -0.2) is 0 Å². The topological polar surface area (TPSA) is 43.8 Å². The Labute approximate surface area is 80.8 Å². The molecule has 0 spiro atoms. The summed E-state index contributed by atoms with van der Waals surface area (Å²) >= 11 is 1.69. The summed E-state index contributed by atoms with van der Waals surface area (Å²) in [5.74, 6) is 0. The number of nitrogens with zero attached hydrogens (tertiary/aromatic N) is 2. The van der Waals surface area contributed by atoms with Crippen LogP contribution in [-0.2, 0) is 13.6 Å². The Balaban J connectivity index is 2.50. The molecule has 2 N–H and O–H groups in total. The van der Waals surface area contributed by atoms with E-state index in [9.17, 15) is 0 Å². The minimum Gasteiger partial charge on any atom is -0.325 e. The Bertz CT molecular complexity index is 389. The zero-order valence-corrected chi connectivity index (χ0v) is 8.21. The highest BCUT2D eigenvalue weighted by Crippen LogP contribution is 2.24. The van der Waals surface area contributed by atoms with Crippen molar-refractivity contribution < 1.29 is 0 Å². The molecule has 13 heavy (non-hydrogen) atoms. The minimum atomic E-state index is 0.492. The van der Waals surface area contributed by atoms with E-state index in [4.69, 9.17) is 5.73 Å². The van der Waals surface area contributed by atoms with E-state index in [0.29, 0.717) is 6.54 Å². The maximum Gasteiger partial charge on any atom is 0.0838 e. The third-order valence-electron chi connectivity index (χ3n) is 1.93. The third-order valence-corrected chi connectivity index (χ3v) is 2.61.